The van der Waals surface area contributed by atoms with E-state index in [0.29, 0.717) is 12.3 Å². The summed E-state index contributed by atoms with van der Waals surface area (Å²) in [5.41, 5.74) is 5.78. The number of rotatable bonds is 5. The first-order chi connectivity index (χ1) is 7.72. The van der Waals surface area contributed by atoms with Gasteiger partial charge in [-0.1, -0.05) is 31.5 Å². The number of nitrogens with two attached hydrogens (primary N) is 1. The Bertz CT molecular complexity index is 299. The highest BCUT2D eigenvalue weighted by atomic mass is 32.2. The first kappa shape index (κ1) is 12.0. The highest BCUT2D eigenvalue weighted by Crippen LogP contribution is 2.46. The van der Waals surface area contributed by atoms with Crippen molar-refractivity contribution < 1.29 is 4.79 Å². The van der Waals surface area contributed by atoms with E-state index < -0.39 is 0 Å². The maximum Gasteiger partial charge on any atom is 0.228 e. The SMILES string of the molecule is CCCCCC(=O)N1C=C(C2CC2)SC1N. The Morgan fingerprint density at radius 2 is 2.31 bits per heavy atom. The van der Waals surface area contributed by atoms with Crippen LogP contribution in [0.1, 0.15) is 45.4 Å². The molecule has 2 aliphatic rings. The van der Waals surface area contributed by atoms with Crippen LogP contribution in [0.4, 0.5) is 0 Å². The monoisotopic (exact) mass is 240 g/mol. The van der Waals surface area contributed by atoms with Gasteiger partial charge in [-0.15, -0.1) is 0 Å². The summed E-state index contributed by atoms with van der Waals surface area (Å²) in [7, 11) is 0. The molecule has 1 aliphatic heterocycles. The Balaban J connectivity index is 1.85. The van der Waals surface area contributed by atoms with Crippen LogP contribution in [0.25, 0.3) is 0 Å². The summed E-state index contributed by atoms with van der Waals surface area (Å²) < 4.78 is 0. The molecule has 1 unspecified atom stereocenters. The lowest BCUT2D eigenvalue weighted by Gasteiger charge is -2.18. The van der Waals surface area contributed by atoms with Gasteiger partial charge in [-0.2, -0.15) is 0 Å². The molecule has 2 rings (SSSR count). The van der Waals surface area contributed by atoms with Gasteiger partial charge in [0.2, 0.25) is 5.91 Å². The van der Waals surface area contributed by atoms with Crippen molar-refractivity contribution in [2.24, 2.45) is 11.7 Å². The predicted molar refractivity (Wildman–Crippen MR) is 67.4 cm³/mol. The van der Waals surface area contributed by atoms with Crippen LogP contribution >= 0.6 is 11.8 Å². The Morgan fingerprint density at radius 3 is 2.94 bits per heavy atom. The molecule has 0 aromatic heterocycles. The van der Waals surface area contributed by atoms with Gasteiger partial charge in [0.05, 0.1) is 0 Å². The highest BCUT2D eigenvalue weighted by molar-refractivity contribution is 8.03. The summed E-state index contributed by atoms with van der Waals surface area (Å²) >= 11 is 1.66. The molecule has 1 heterocycles. The van der Waals surface area contributed by atoms with Crippen molar-refractivity contribution in [3.05, 3.63) is 11.1 Å². The fraction of sp³-hybridized carbons (Fsp3) is 0.750. The number of hydrogen-bond donors (Lipinski definition) is 1. The molecule has 1 amide bonds. The van der Waals surface area contributed by atoms with Crippen molar-refractivity contribution in [1.82, 2.24) is 4.90 Å². The van der Waals surface area contributed by atoms with Crippen LogP contribution < -0.4 is 5.73 Å². The molecule has 16 heavy (non-hydrogen) atoms. The number of hydrogen-bond acceptors (Lipinski definition) is 3. The Hall–Kier alpha value is -0.480. The number of nitrogens with zero attached hydrogens (tertiary/aromatic N) is 1. The van der Waals surface area contributed by atoms with E-state index in [1.54, 1.807) is 16.7 Å². The second kappa shape index (κ2) is 5.23. The van der Waals surface area contributed by atoms with E-state index in [1.807, 2.05) is 6.20 Å². The highest BCUT2D eigenvalue weighted by Gasteiger charge is 2.35. The summed E-state index contributed by atoms with van der Waals surface area (Å²) in [6.07, 6.45) is 8.42. The third kappa shape index (κ3) is 2.80. The molecule has 0 aromatic rings. The maximum absolute atomic E-state index is 11.9. The molecule has 1 aliphatic carbocycles. The van der Waals surface area contributed by atoms with Gasteiger partial charge in [0.25, 0.3) is 0 Å². The Morgan fingerprint density at radius 1 is 1.56 bits per heavy atom. The minimum Gasteiger partial charge on any atom is -0.302 e. The van der Waals surface area contributed by atoms with E-state index in [0.717, 1.165) is 19.3 Å². The van der Waals surface area contributed by atoms with E-state index in [1.165, 1.54) is 17.7 Å². The van der Waals surface area contributed by atoms with Crippen molar-refractivity contribution >= 4 is 17.7 Å². The van der Waals surface area contributed by atoms with Crippen LogP contribution in [-0.2, 0) is 4.79 Å². The van der Waals surface area contributed by atoms with E-state index in [-0.39, 0.29) is 11.4 Å². The van der Waals surface area contributed by atoms with Crippen molar-refractivity contribution in [2.75, 3.05) is 0 Å². The zero-order chi connectivity index (χ0) is 11.5. The van der Waals surface area contributed by atoms with Crippen molar-refractivity contribution in [3.8, 4) is 0 Å². The lowest BCUT2D eigenvalue weighted by atomic mass is 10.2. The lowest BCUT2D eigenvalue weighted by Crippen LogP contribution is -2.37. The van der Waals surface area contributed by atoms with Gasteiger partial charge in [-0.05, 0) is 25.2 Å². The minimum absolute atomic E-state index is 0.176. The molecule has 1 atom stereocenters. The van der Waals surface area contributed by atoms with Gasteiger partial charge in [-0.25, -0.2) is 0 Å². The summed E-state index contributed by atoms with van der Waals surface area (Å²) in [6.45, 7) is 2.15. The third-order valence-corrected chi connectivity index (χ3v) is 4.24. The van der Waals surface area contributed by atoms with Gasteiger partial charge >= 0.3 is 0 Å². The maximum atomic E-state index is 11.9. The number of thioether (sulfide) groups is 1. The zero-order valence-corrected chi connectivity index (χ0v) is 10.6. The summed E-state index contributed by atoms with van der Waals surface area (Å²) in [6, 6.07) is 0. The molecule has 0 saturated heterocycles. The topological polar surface area (TPSA) is 46.3 Å². The number of unbranched alkanes of at least 4 members (excludes halogenated alkanes) is 2. The first-order valence-electron chi connectivity index (χ1n) is 6.17. The van der Waals surface area contributed by atoms with Crippen molar-refractivity contribution in [3.63, 3.8) is 0 Å². The second-order valence-electron chi connectivity index (χ2n) is 4.57. The molecule has 90 valence electrons. The number of carbonyl (C=O) groups is 1. The van der Waals surface area contributed by atoms with Gasteiger partial charge < -0.3 is 5.73 Å². The molecule has 0 radical (unpaired) electrons. The van der Waals surface area contributed by atoms with Gasteiger partial charge in [0.1, 0.15) is 5.50 Å². The quantitative estimate of drug-likeness (QED) is 0.751. The normalized spacial score (nSPS) is 24.8. The summed E-state index contributed by atoms with van der Waals surface area (Å²) in [5.74, 6) is 0.883. The van der Waals surface area contributed by atoms with Crippen LogP contribution in [-0.4, -0.2) is 16.3 Å². The van der Waals surface area contributed by atoms with Gasteiger partial charge in [-0.3, -0.25) is 9.69 Å². The average Bonchev–Trinajstić information content (AvgIpc) is 3.03. The van der Waals surface area contributed by atoms with Gasteiger partial charge in [0, 0.05) is 17.5 Å². The molecule has 0 bridgehead atoms. The van der Waals surface area contributed by atoms with E-state index in [2.05, 4.69) is 6.92 Å². The molecule has 4 heteroatoms. The van der Waals surface area contributed by atoms with Crippen molar-refractivity contribution in [1.29, 1.82) is 0 Å². The standard InChI is InChI=1S/C12H20N2OS/c1-2-3-4-5-11(15)14-8-10(9-6-7-9)16-12(14)13/h8-9,12H,2-7,13H2,1H3. The van der Waals surface area contributed by atoms with E-state index >= 15 is 0 Å². The zero-order valence-electron chi connectivity index (χ0n) is 9.82. The van der Waals surface area contributed by atoms with Crippen LogP contribution in [0.15, 0.2) is 11.1 Å². The molecule has 0 aromatic carbocycles. The van der Waals surface area contributed by atoms with Crippen LogP contribution in [0.3, 0.4) is 0 Å². The minimum atomic E-state index is -0.176. The number of amides is 1. The predicted octanol–water partition coefficient (Wildman–Crippen LogP) is 2.64. The second-order valence-corrected chi connectivity index (χ2v) is 5.76. The number of allylic oxidation sites excluding steroid dienone is 1. The molecule has 3 nitrogen and oxygen atoms in total. The molecule has 0 spiro atoms. The number of carbonyl (C=O) groups excluding carboxylic acids is 1. The molecule has 2 N–H and O–H groups in total. The fourth-order valence-corrected chi connectivity index (χ4v) is 3.05. The molecular formula is C12H20N2OS. The molecular weight excluding hydrogens is 220 g/mol. The largest absolute Gasteiger partial charge is 0.302 e. The first-order valence-corrected chi connectivity index (χ1v) is 7.05. The lowest BCUT2D eigenvalue weighted by molar-refractivity contribution is -0.129. The average molecular weight is 240 g/mol. The summed E-state index contributed by atoms with van der Waals surface area (Å²) in [4.78, 5) is 15.0. The van der Waals surface area contributed by atoms with E-state index in [4.69, 9.17) is 5.73 Å². The fourth-order valence-electron chi connectivity index (χ4n) is 1.88. The Kier molecular flexibility index (Phi) is 3.92. The Labute approximate surface area is 101 Å². The summed E-state index contributed by atoms with van der Waals surface area (Å²) in [5, 5.41) is 0. The smallest absolute Gasteiger partial charge is 0.228 e. The third-order valence-electron chi connectivity index (χ3n) is 3.06. The van der Waals surface area contributed by atoms with Crippen LogP contribution in [0.2, 0.25) is 0 Å². The van der Waals surface area contributed by atoms with E-state index in [9.17, 15) is 4.79 Å². The molecule has 1 saturated carbocycles. The molecule has 1 fully saturated rings. The van der Waals surface area contributed by atoms with Crippen LogP contribution in [0.5, 0.6) is 0 Å². The van der Waals surface area contributed by atoms with Gasteiger partial charge in [0.15, 0.2) is 0 Å². The van der Waals surface area contributed by atoms with Crippen LogP contribution in [0, 0.1) is 5.92 Å². The van der Waals surface area contributed by atoms with Crippen molar-refractivity contribution in [2.45, 2.75) is 50.9 Å².